The van der Waals surface area contributed by atoms with Crippen LogP contribution < -0.4 is 5.32 Å². The molecule has 3 rings (SSSR count). The highest BCUT2D eigenvalue weighted by Crippen LogP contribution is 2.37. The molecular weight excluding hydrogens is 401 g/mol. The van der Waals surface area contributed by atoms with Crippen molar-refractivity contribution >= 4 is 29.2 Å². The van der Waals surface area contributed by atoms with Gasteiger partial charge in [-0.2, -0.15) is 13.2 Å². The number of benzene rings is 2. The number of anilines is 1. The number of nitrogens with zero attached hydrogens (tertiary/aromatic N) is 1. The lowest BCUT2D eigenvalue weighted by Gasteiger charge is -2.09. The van der Waals surface area contributed by atoms with E-state index in [1.807, 2.05) is 0 Å². The van der Waals surface area contributed by atoms with Gasteiger partial charge in [0.2, 0.25) is 0 Å². The fraction of sp³-hybridized carbons (Fsp3) is 0.0556. The Morgan fingerprint density at radius 1 is 1.11 bits per heavy atom. The molecule has 0 bridgehead atoms. The van der Waals surface area contributed by atoms with Gasteiger partial charge in [-0.05, 0) is 24.3 Å². The van der Waals surface area contributed by atoms with Crippen molar-refractivity contribution in [3.63, 3.8) is 0 Å². The van der Waals surface area contributed by atoms with Gasteiger partial charge in [-0.25, -0.2) is 4.79 Å². The second-order valence-electron chi connectivity index (χ2n) is 5.57. The van der Waals surface area contributed by atoms with Crippen molar-refractivity contribution in [3.8, 4) is 11.3 Å². The lowest BCUT2D eigenvalue weighted by molar-refractivity contribution is -0.137. The van der Waals surface area contributed by atoms with Gasteiger partial charge in [0.1, 0.15) is 0 Å². The molecule has 144 valence electrons. The fourth-order valence-electron chi connectivity index (χ4n) is 2.44. The van der Waals surface area contributed by atoms with Crippen molar-refractivity contribution in [1.29, 1.82) is 0 Å². The van der Waals surface area contributed by atoms with Crippen molar-refractivity contribution in [2.45, 2.75) is 6.18 Å². The van der Waals surface area contributed by atoms with E-state index in [9.17, 15) is 27.9 Å². The Morgan fingerprint density at radius 3 is 2.50 bits per heavy atom. The smallest absolute Gasteiger partial charge is 0.417 e. The minimum Gasteiger partial charge on any atom is -0.478 e. The molecule has 6 nitrogen and oxygen atoms in total. The zero-order valence-corrected chi connectivity index (χ0v) is 14.5. The molecule has 1 amide bonds. The van der Waals surface area contributed by atoms with Crippen LogP contribution >= 0.6 is 11.6 Å². The van der Waals surface area contributed by atoms with Gasteiger partial charge in [0.25, 0.3) is 5.91 Å². The van der Waals surface area contributed by atoms with Gasteiger partial charge in [0, 0.05) is 16.7 Å². The summed E-state index contributed by atoms with van der Waals surface area (Å²) in [5.74, 6) is -2.44. The van der Waals surface area contributed by atoms with Crippen LogP contribution in [-0.4, -0.2) is 22.1 Å². The molecule has 0 aliphatic rings. The second-order valence-corrected chi connectivity index (χ2v) is 6.01. The van der Waals surface area contributed by atoms with Crippen molar-refractivity contribution in [2.24, 2.45) is 0 Å². The first-order chi connectivity index (χ1) is 13.2. The van der Waals surface area contributed by atoms with E-state index in [1.165, 1.54) is 30.3 Å². The lowest BCUT2D eigenvalue weighted by atomic mass is 10.0. The first kappa shape index (κ1) is 19.4. The van der Waals surface area contributed by atoms with Gasteiger partial charge >= 0.3 is 12.1 Å². The van der Waals surface area contributed by atoms with Gasteiger partial charge in [-0.3, -0.25) is 4.79 Å². The average Bonchev–Trinajstić information content (AvgIpc) is 3.12. The molecule has 0 unspecified atom stereocenters. The van der Waals surface area contributed by atoms with Crippen LogP contribution in [0.5, 0.6) is 0 Å². The number of rotatable bonds is 4. The largest absolute Gasteiger partial charge is 0.478 e. The highest BCUT2D eigenvalue weighted by molar-refractivity contribution is 6.31. The number of aromatic nitrogens is 1. The number of amides is 1. The number of nitrogens with one attached hydrogen (secondary N) is 1. The highest BCUT2D eigenvalue weighted by Gasteiger charge is 2.34. The zero-order chi connectivity index (χ0) is 20.5. The molecular formula is C18H10ClF3N2O4. The van der Waals surface area contributed by atoms with Gasteiger partial charge < -0.3 is 14.9 Å². The summed E-state index contributed by atoms with van der Waals surface area (Å²) in [7, 11) is 0. The van der Waals surface area contributed by atoms with E-state index in [1.54, 1.807) is 0 Å². The molecule has 0 fully saturated rings. The van der Waals surface area contributed by atoms with Gasteiger partial charge in [-0.15, -0.1) is 0 Å². The van der Waals surface area contributed by atoms with Crippen LogP contribution in [0, 0.1) is 0 Å². The highest BCUT2D eigenvalue weighted by atomic mass is 35.5. The van der Waals surface area contributed by atoms with Crippen LogP contribution in [-0.2, 0) is 6.18 Å². The van der Waals surface area contributed by atoms with Crippen LogP contribution in [0.4, 0.5) is 18.9 Å². The summed E-state index contributed by atoms with van der Waals surface area (Å²) in [5.41, 5.74) is -1.85. The monoisotopic (exact) mass is 410 g/mol. The quantitative estimate of drug-likeness (QED) is 0.634. The maximum absolute atomic E-state index is 13.1. The summed E-state index contributed by atoms with van der Waals surface area (Å²) in [6.07, 6.45) is -4.62. The normalized spacial score (nSPS) is 11.3. The average molecular weight is 411 g/mol. The molecule has 0 aliphatic carbocycles. The Bertz CT molecular complexity index is 1060. The molecule has 28 heavy (non-hydrogen) atoms. The minimum absolute atomic E-state index is 0.0536. The minimum atomic E-state index is -4.62. The Kier molecular flexibility index (Phi) is 5.10. The summed E-state index contributed by atoms with van der Waals surface area (Å²) in [6.45, 7) is 0. The molecule has 2 aromatic carbocycles. The number of carbonyl (C=O) groups excluding carboxylic acids is 1. The van der Waals surface area contributed by atoms with Crippen molar-refractivity contribution in [2.75, 3.05) is 5.32 Å². The Morgan fingerprint density at radius 2 is 1.82 bits per heavy atom. The second kappa shape index (κ2) is 7.35. The van der Waals surface area contributed by atoms with E-state index in [0.29, 0.717) is 0 Å². The predicted octanol–water partition coefficient (Wildman–Crippen LogP) is 4.96. The first-order valence-electron chi connectivity index (χ1n) is 7.64. The predicted molar refractivity (Wildman–Crippen MR) is 93.3 cm³/mol. The third-order valence-electron chi connectivity index (χ3n) is 3.70. The molecule has 0 radical (unpaired) electrons. The molecule has 1 heterocycles. The van der Waals surface area contributed by atoms with E-state index >= 15 is 0 Å². The molecule has 0 spiro atoms. The molecule has 0 saturated heterocycles. The molecule has 10 heteroatoms. The van der Waals surface area contributed by atoms with E-state index in [4.69, 9.17) is 16.1 Å². The number of alkyl halides is 3. The van der Waals surface area contributed by atoms with Gasteiger partial charge in [0.05, 0.1) is 16.8 Å². The summed E-state index contributed by atoms with van der Waals surface area (Å²) in [6, 6.07) is 9.52. The topological polar surface area (TPSA) is 92.4 Å². The van der Waals surface area contributed by atoms with Crippen LogP contribution in [0.3, 0.4) is 0 Å². The maximum Gasteiger partial charge on any atom is 0.417 e. The number of carboxylic acid groups (broad SMARTS) is 1. The van der Waals surface area contributed by atoms with Crippen molar-refractivity contribution in [3.05, 3.63) is 70.4 Å². The zero-order valence-electron chi connectivity index (χ0n) is 13.7. The Balaban J connectivity index is 1.90. The van der Waals surface area contributed by atoms with Gasteiger partial charge in [0.15, 0.2) is 11.5 Å². The standard InChI is InChI=1S/C18H10ClF3N2O4/c19-9-5-6-13(11(7-9)17(26)27)23-16(25)14-8-15(28-24-14)10-3-1-2-4-12(10)18(20,21)22/h1-8H,(H,23,25)(H,26,27). The third-order valence-corrected chi connectivity index (χ3v) is 3.94. The number of carbonyl (C=O) groups is 2. The number of carboxylic acids is 1. The Hall–Kier alpha value is -3.33. The van der Waals surface area contributed by atoms with Crippen molar-refractivity contribution < 1.29 is 32.4 Å². The van der Waals surface area contributed by atoms with E-state index in [2.05, 4.69) is 10.5 Å². The van der Waals surface area contributed by atoms with Gasteiger partial charge in [-0.1, -0.05) is 35.0 Å². The third kappa shape index (κ3) is 3.99. The summed E-state index contributed by atoms with van der Waals surface area (Å²) < 4.78 is 44.3. The van der Waals surface area contributed by atoms with E-state index in [-0.39, 0.29) is 33.3 Å². The summed E-state index contributed by atoms with van der Waals surface area (Å²) in [4.78, 5) is 23.6. The van der Waals surface area contributed by atoms with Crippen LogP contribution in [0.25, 0.3) is 11.3 Å². The van der Waals surface area contributed by atoms with Crippen LogP contribution in [0.1, 0.15) is 26.4 Å². The molecule has 0 atom stereocenters. The van der Waals surface area contributed by atoms with Crippen molar-refractivity contribution in [1.82, 2.24) is 5.16 Å². The molecule has 2 N–H and O–H groups in total. The van der Waals surface area contributed by atoms with Crippen LogP contribution in [0.15, 0.2) is 53.1 Å². The summed E-state index contributed by atoms with van der Waals surface area (Å²) >= 11 is 5.74. The lowest BCUT2D eigenvalue weighted by Crippen LogP contribution is -2.15. The SMILES string of the molecule is O=C(Nc1ccc(Cl)cc1C(=O)O)c1cc(-c2ccccc2C(F)(F)F)on1. The fourth-order valence-corrected chi connectivity index (χ4v) is 2.62. The number of hydrogen-bond acceptors (Lipinski definition) is 4. The molecule has 3 aromatic rings. The van der Waals surface area contributed by atoms with Crippen LogP contribution in [0.2, 0.25) is 5.02 Å². The summed E-state index contributed by atoms with van der Waals surface area (Å²) in [5, 5.41) is 15.1. The number of aromatic carboxylic acids is 1. The number of hydrogen-bond donors (Lipinski definition) is 2. The maximum atomic E-state index is 13.1. The van der Waals surface area contributed by atoms with E-state index < -0.39 is 23.6 Å². The van der Waals surface area contributed by atoms with E-state index in [0.717, 1.165) is 18.2 Å². The first-order valence-corrected chi connectivity index (χ1v) is 8.02. The Labute approximate surface area is 160 Å². The molecule has 0 aliphatic heterocycles. The number of halogens is 4. The molecule has 1 aromatic heterocycles. The molecule has 0 saturated carbocycles.